The summed E-state index contributed by atoms with van der Waals surface area (Å²) in [6.07, 6.45) is 2.59. The fourth-order valence-corrected chi connectivity index (χ4v) is 2.85. The predicted molar refractivity (Wildman–Crippen MR) is 87.6 cm³/mol. The highest BCUT2D eigenvalue weighted by Gasteiger charge is 2.14. The highest BCUT2D eigenvalue weighted by atomic mass is 16.3. The van der Waals surface area contributed by atoms with Gasteiger partial charge in [0.1, 0.15) is 0 Å². The molecule has 2 aromatic carbocycles. The van der Waals surface area contributed by atoms with Crippen LogP contribution < -0.4 is 10.2 Å². The molecule has 21 heavy (non-hydrogen) atoms. The van der Waals surface area contributed by atoms with Crippen LogP contribution in [0.2, 0.25) is 0 Å². The first-order valence-corrected chi connectivity index (χ1v) is 7.63. The molecule has 2 aromatic rings. The van der Waals surface area contributed by atoms with Crippen molar-refractivity contribution in [2.24, 2.45) is 0 Å². The zero-order valence-corrected chi connectivity index (χ0v) is 12.3. The molecule has 2 N–H and O–H groups in total. The molecule has 3 heteroatoms. The Labute approximate surface area is 126 Å². The van der Waals surface area contributed by atoms with E-state index < -0.39 is 0 Å². The van der Waals surface area contributed by atoms with E-state index in [2.05, 4.69) is 34.5 Å². The minimum atomic E-state index is 0.0953. The van der Waals surface area contributed by atoms with Gasteiger partial charge in [-0.25, -0.2) is 0 Å². The summed E-state index contributed by atoms with van der Waals surface area (Å²) in [5, 5.41) is 12.5. The van der Waals surface area contributed by atoms with Crippen molar-refractivity contribution < 1.29 is 5.11 Å². The van der Waals surface area contributed by atoms with Gasteiger partial charge in [-0.3, -0.25) is 0 Å². The topological polar surface area (TPSA) is 35.5 Å². The zero-order chi connectivity index (χ0) is 14.5. The highest BCUT2D eigenvalue weighted by molar-refractivity contribution is 5.56. The summed E-state index contributed by atoms with van der Waals surface area (Å²) >= 11 is 0. The van der Waals surface area contributed by atoms with Crippen LogP contribution in [0.25, 0.3) is 0 Å². The number of hydrogen-bond acceptors (Lipinski definition) is 3. The Kier molecular flexibility index (Phi) is 4.41. The van der Waals surface area contributed by atoms with E-state index in [1.54, 1.807) is 0 Å². The molecule has 1 aliphatic rings. The average molecular weight is 282 g/mol. The third-order valence-electron chi connectivity index (χ3n) is 4.06. The second-order valence-electron chi connectivity index (χ2n) is 5.53. The summed E-state index contributed by atoms with van der Waals surface area (Å²) in [5.74, 6) is 0. The number of rotatable bonds is 5. The first-order chi connectivity index (χ1) is 10.4. The van der Waals surface area contributed by atoms with Gasteiger partial charge in [-0.2, -0.15) is 0 Å². The number of aliphatic hydroxyl groups excluding tert-OH is 1. The summed E-state index contributed by atoms with van der Waals surface area (Å²) in [6.45, 7) is 3.26. The Hall–Kier alpha value is -2.00. The monoisotopic (exact) mass is 282 g/mol. The van der Waals surface area contributed by atoms with Crippen LogP contribution in [0.4, 0.5) is 11.4 Å². The third-order valence-corrected chi connectivity index (χ3v) is 4.06. The first kappa shape index (κ1) is 14.0. The van der Waals surface area contributed by atoms with Crippen LogP contribution in [0.15, 0.2) is 48.5 Å². The Morgan fingerprint density at radius 3 is 2.38 bits per heavy atom. The smallest absolute Gasteiger partial charge is 0.0681 e. The van der Waals surface area contributed by atoms with Crippen molar-refractivity contribution in [3.05, 3.63) is 59.7 Å². The van der Waals surface area contributed by atoms with Crippen LogP contribution in [0.1, 0.15) is 24.0 Å². The van der Waals surface area contributed by atoms with Gasteiger partial charge in [0, 0.05) is 31.0 Å². The van der Waals surface area contributed by atoms with Crippen LogP contribution in [0.3, 0.4) is 0 Å². The largest absolute Gasteiger partial charge is 0.392 e. The quantitative estimate of drug-likeness (QED) is 0.882. The molecule has 0 aliphatic carbocycles. The molecular weight excluding hydrogens is 260 g/mol. The van der Waals surface area contributed by atoms with Crippen molar-refractivity contribution in [3.63, 3.8) is 0 Å². The fraction of sp³-hybridized carbons (Fsp3) is 0.333. The molecule has 110 valence electrons. The second-order valence-corrected chi connectivity index (χ2v) is 5.53. The summed E-state index contributed by atoms with van der Waals surface area (Å²) in [4.78, 5) is 2.48. The van der Waals surface area contributed by atoms with E-state index >= 15 is 0 Å². The number of para-hydroxylation sites is 1. The Balaban J connectivity index is 1.69. The van der Waals surface area contributed by atoms with Crippen molar-refractivity contribution in [1.29, 1.82) is 0 Å². The Morgan fingerprint density at radius 1 is 0.952 bits per heavy atom. The van der Waals surface area contributed by atoms with Crippen molar-refractivity contribution in [3.8, 4) is 0 Å². The minimum Gasteiger partial charge on any atom is -0.392 e. The second kappa shape index (κ2) is 6.64. The molecule has 3 nitrogen and oxygen atoms in total. The summed E-state index contributed by atoms with van der Waals surface area (Å²) in [6, 6.07) is 16.6. The number of anilines is 2. The molecule has 1 aliphatic heterocycles. The standard InChI is InChI=1S/C18H22N2O/c21-14-15-7-9-17(10-8-15)19-13-16-5-1-2-6-18(16)20-11-3-4-12-20/h1-2,5-10,19,21H,3-4,11-14H2. The summed E-state index contributed by atoms with van der Waals surface area (Å²) < 4.78 is 0. The maximum absolute atomic E-state index is 9.07. The molecule has 0 spiro atoms. The van der Waals surface area contributed by atoms with Crippen LogP contribution >= 0.6 is 0 Å². The zero-order valence-electron chi connectivity index (χ0n) is 12.3. The van der Waals surface area contributed by atoms with E-state index in [9.17, 15) is 0 Å². The molecule has 1 heterocycles. The Bertz CT molecular complexity index is 574. The molecule has 3 rings (SSSR count). The molecule has 0 unspecified atom stereocenters. The van der Waals surface area contributed by atoms with Crippen LogP contribution in [0.5, 0.6) is 0 Å². The van der Waals surface area contributed by atoms with E-state index in [-0.39, 0.29) is 6.61 Å². The number of benzene rings is 2. The van der Waals surface area contributed by atoms with Crippen LogP contribution in [0, 0.1) is 0 Å². The molecule has 0 radical (unpaired) electrons. The normalized spacial score (nSPS) is 14.4. The van der Waals surface area contributed by atoms with Gasteiger partial charge in [0.25, 0.3) is 0 Å². The Morgan fingerprint density at radius 2 is 1.67 bits per heavy atom. The van der Waals surface area contributed by atoms with Gasteiger partial charge in [-0.05, 0) is 42.2 Å². The highest BCUT2D eigenvalue weighted by Crippen LogP contribution is 2.25. The van der Waals surface area contributed by atoms with E-state index in [4.69, 9.17) is 5.11 Å². The molecule has 0 aromatic heterocycles. The molecule has 1 fully saturated rings. The predicted octanol–water partition coefficient (Wildman–Crippen LogP) is 3.39. The number of hydrogen-bond donors (Lipinski definition) is 2. The van der Waals surface area contributed by atoms with Gasteiger partial charge in [-0.1, -0.05) is 30.3 Å². The number of aliphatic hydroxyl groups is 1. The maximum atomic E-state index is 9.07. The van der Waals surface area contributed by atoms with Gasteiger partial charge in [0.2, 0.25) is 0 Å². The van der Waals surface area contributed by atoms with Crippen LogP contribution in [-0.2, 0) is 13.2 Å². The first-order valence-electron chi connectivity index (χ1n) is 7.63. The average Bonchev–Trinajstić information content (AvgIpc) is 3.08. The molecule has 0 amide bonds. The summed E-state index contributed by atoms with van der Waals surface area (Å²) in [5.41, 5.74) is 4.72. The maximum Gasteiger partial charge on any atom is 0.0681 e. The number of nitrogens with zero attached hydrogens (tertiary/aromatic N) is 1. The van der Waals surface area contributed by atoms with Crippen molar-refractivity contribution in [2.75, 3.05) is 23.3 Å². The minimum absolute atomic E-state index is 0.0953. The van der Waals surface area contributed by atoms with Gasteiger partial charge in [0.05, 0.1) is 6.61 Å². The van der Waals surface area contributed by atoms with E-state index in [0.29, 0.717) is 0 Å². The molecular formula is C18H22N2O. The fourth-order valence-electron chi connectivity index (χ4n) is 2.85. The van der Waals surface area contributed by atoms with Crippen molar-refractivity contribution in [2.45, 2.75) is 26.0 Å². The molecule has 0 atom stereocenters. The number of nitrogens with one attached hydrogen (secondary N) is 1. The lowest BCUT2D eigenvalue weighted by Crippen LogP contribution is -2.19. The van der Waals surface area contributed by atoms with Gasteiger partial charge in [-0.15, -0.1) is 0 Å². The molecule has 1 saturated heterocycles. The van der Waals surface area contributed by atoms with E-state index in [0.717, 1.165) is 17.8 Å². The summed E-state index contributed by atoms with van der Waals surface area (Å²) in [7, 11) is 0. The third kappa shape index (κ3) is 3.37. The van der Waals surface area contributed by atoms with Crippen molar-refractivity contribution >= 4 is 11.4 Å². The SMILES string of the molecule is OCc1ccc(NCc2ccccc2N2CCCC2)cc1. The van der Waals surface area contributed by atoms with Crippen LogP contribution in [-0.4, -0.2) is 18.2 Å². The van der Waals surface area contributed by atoms with E-state index in [1.165, 1.54) is 37.2 Å². The lowest BCUT2D eigenvalue weighted by atomic mass is 10.1. The lowest BCUT2D eigenvalue weighted by molar-refractivity contribution is 0.282. The van der Waals surface area contributed by atoms with Gasteiger partial charge >= 0.3 is 0 Å². The molecule has 0 saturated carbocycles. The lowest BCUT2D eigenvalue weighted by Gasteiger charge is -2.21. The van der Waals surface area contributed by atoms with Gasteiger partial charge < -0.3 is 15.3 Å². The van der Waals surface area contributed by atoms with E-state index in [1.807, 2.05) is 24.3 Å². The molecule has 0 bridgehead atoms. The van der Waals surface area contributed by atoms with Gasteiger partial charge in [0.15, 0.2) is 0 Å². The van der Waals surface area contributed by atoms with Crippen molar-refractivity contribution in [1.82, 2.24) is 0 Å².